The van der Waals surface area contributed by atoms with Crippen LogP contribution in [-0.4, -0.2) is 14.5 Å². The molecule has 1 aliphatic rings. The molecule has 0 radical (unpaired) electrons. The highest BCUT2D eigenvalue weighted by atomic mass is 35.5. The van der Waals surface area contributed by atoms with Gasteiger partial charge in [0.05, 0.1) is 0 Å². The van der Waals surface area contributed by atoms with Crippen molar-refractivity contribution >= 4 is 22.8 Å². The van der Waals surface area contributed by atoms with Crippen molar-refractivity contribution in [2.24, 2.45) is 5.92 Å². The molecule has 0 bridgehead atoms. The fraction of sp³-hybridized carbons (Fsp3) is 0.538. The number of aromatic nitrogens is 3. The van der Waals surface area contributed by atoms with E-state index in [1.807, 2.05) is 4.57 Å². The van der Waals surface area contributed by atoms with Gasteiger partial charge in [0.1, 0.15) is 11.2 Å². The summed E-state index contributed by atoms with van der Waals surface area (Å²) >= 11 is 6.25. The Morgan fingerprint density at radius 3 is 2.94 bits per heavy atom. The van der Waals surface area contributed by atoms with Crippen LogP contribution in [0.1, 0.15) is 38.6 Å². The van der Waals surface area contributed by atoms with E-state index in [1.54, 1.807) is 6.07 Å². The molecule has 1 saturated carbocycles. The van der Waals surface area contributed by atoms with Crippen LogP contribution < -0.4 is 5.56 Å². The Balaban J connectivity index is 2.17. The van der Waals surface area contributed by atoms with Crippen molar-refractivity contribution in [3.8, 4) is 0 Å². The normalized spacial score (nSPS) is 24.6. The smallest absolute Gasteiger partial charge is 0.249 e. The Hall–Kier alpha value is -1.29. The van der Waals surface area contributed by atoms with Crippen molar-refractivity contribution in [3.63, 3.8) is 0 Å². The number of H-pyrrole nitrogens is 1. The van der Waals surface area contributed by atoms with E-state index in [0.29, 0.717) is 17.2 Å². The summed E-state index contributed by atoms with van der Waals surface area (Å²) in [5.41, 5.74) is 1.41. The van der Waals surface area contributed by atoms with Crippen molar-refractivity contribution in [1.29, 1.82) is 0 Å². The molecule has 0 spiro atoms. The Bertz CT molecular complexity index is 631. The number of imidazole rings is 1. The first kappa shape index (κ1) is 11.8. The van der Waals surface area contributed by atoms with Gasteiger partial charge in [0, 0.05) is 12.1 Å². The van der Waals surface area contributed by atoms with Crippen LogP contribution in [-0.2, 0) is 0 Å². The standard InChI is InChI=1S/C13H16ClN3O/c1-8-4-2-3-5-10(8)17-12-9(15-13(17)14)6-7-11(18)16-12/h6-8,10H,2-5H2,1H3,(H,16,18). The van der Waals surface area contributed by atoms with Crippen LogP contribution in [0.25, 0.3) is 11.2 Å². The van der Waals surface area contributed by atoms with Crippen LogP contribution in [0.15, 0.2) is 16.9 Å². The average molecular weight is 266 g/mol. The molecule has 2 unspecified atom stereocenters. The number of rotatable bonds is 1. The van der Waals surface area contributed by atoms with E-state index in [4.69, 9.17) is 11.6 Å². The van der Waals surface area contributed by atoms with Gasteiger partial charge < -0.3 is 4.98 Å². The predicted octanol–water partition coefficient (Wildman–Crippen LogP) is 3.13. The highest BCUT2D eigenvalue weighted by Crippen LogP contribution is 2.37. The molecule has 0 saturated heterocycles. The van der Waals surface area contributed by atoms with E-state index < -0.39 is 0 Å². The predicted molar refractivity (Wildman–Crippen MR) is 72.0 cm³/mol. The summed E-state index contributed by atoms with van der Waals surface area (Å²) < 4.78 is 2.00. The zero-order chi connectivity index (χ0) is 12.7. The molecule has 1 N–H and O–H groups in total. The number of hydrogen-bond acceptors (Lipinski definition) is 2. The Morgan fingerprint density at radius 2 is 2.17 bits per heavy atom. The lowest BCUT2D eigenvalue weighted by Crippen LogP contribution is -2.22. The maximum absolute atomic E-state index is 11.5. The first-order chi connectivity index (χ1) is 8.66. The lowest BCUT2D eigenvalue weighted by molar-refractivity contribution is 0.261. The second-order valence-electron chi connectivity index (χ2n) is 5.14. The van der Waals surface area contributed by atoms with Crippen molar-refractivity contribution in [2.45, 2.75) is 38.6 Å². The third-order valence-corrected chi connectivity index (χ3v) is 4.19. The number of fused-ring (bicyclic) bond motifs is 1. The maximum Gasteiger partial charge on any atom is 0.249 e. The summed E-state index contributed by atoms with van der Waals surface area (Å²) in [5, 5.41) is 0.477. The van der Waals surface area contributed by atoms with Crippen LogP contribution in [0, 0.1) is 5.92 Å². The van der Waals surface area contributed by atoms with E-state index in [0.717, 1.165) is 17.6 Å². The highest BCUT2D eigenvalue weighted by Gasteiger charge is 2.26. The minimum Gasteiger partial charge on any atom is -0.307 e. The summed E-state index contributed by atoms with van der Waals surface area (Å²) in [7, 11) is 0. The van der Waals surface area contributed by atoms with Crippen LogP contribution in [0.4, 0.5) is 0 Å². The topological polar surface area (TPSA) is 50.7 Å². The Kier molecular flexibility index (Phi) is 2.90. The molecule has 0 aliphatic heterocycles. The van der Waals surface area contributed by atoms with Gasteiger partial charge in [0.15, 0.2) is 0 Å². The number of nitrogens with zero attached hydrogens (tertiary/aromatic N) is 2. The molecule has 96 valence electrons. The van der Waals surface area contributed by atoms with E-state index >= 15 is 0 Å². The average Bonchev–Trinajstić information content (AvgIpc) is 2.66. The van der Waals surface area contributed by atoms with Crippen LogP contribution in [0.5, 0.6) is 0 Å². The van der Waals surface area contributed by atoms with Crippen molar-refractivity contribution in [3.05, 3.63) is 27.8 Å². The van der Waals surface area contributed by atoms with Gasteiger partial charge in [-0.2, -0.15) is 0 Å². The second kappa shape index (κ2) is 4.43. The fourth-order valence-electron chi connectivity index (χ4n) is 2.96. The lowest BCUT2D eigenvalue weighted by atomic mass is 9.86. The van der Waals surface area contributed by atoms with E-state index in [2.05, 4.69) is 16.9 Å². The number of halogens is 1. The van der Waals surface area contributed by atoms with Gasteiger partial charge in [0.25, 0.3) is 0 Å². The van der Waals surface area contributed by atoms with Crippen molar-refractivity contribution in [2.75, 3.05) is 0 Å². The molecule has 2 aromatic rings. The van der Waals surface area contributed by atoms with E-state index in [9.17, 15) is 4.79 Å². The molecule has 1 aliphatic carbocycles. The van der Waals surface area contributed by atoms with Gasteiger partial charge in [-0.05, 0) is 36.4 Å². The monoisotopic (exact) mass is 265 g/mol. The summed E-state index contributed by atoms with van der Waals surface area (Å²) in [6, 6.07) is 3.55. The number of hydrogen-bond donors (Lipinski definition) is 1. The molecular weight excluding hydrogens is 250 g/mol. The maximum atomic E-state index is 11.5. The SMILES string of the molecule is CC1CCCCC1n1c(Cl)nc2ccc(=O)[nH]c21. The minimum absolute atomic E-state index is 0.108. The number of aromatic amines is 1. The zero-order valence-corrected chi connectivity index (χ0v) is 11.1. The van der Waals surface area contributed by atoms with Gasteiger partial charge in [-0.3, -0.25) is 9.36 Å². The van der Waals surface area contributed by atoms with E-state index in [1.165, 1.54) is 25.3 Å². The molecule has 2 heterocycles. The third-order valence-electron chi connectivity index (χ3n) is 3.93. The molecule has 2 atom stereocenters. The molecule has 1 fully saturated rings. The molecule has 0 amide bonds. The zero-order valence-electron chi connectivity index (χ0n) is 10.3. The minimum atomic E-state index is -0.108. The van der Waals surface area contributed by atoms with E-state index in [-0.39, 0.29) is 5.56 Å². The van der Waals surface area contributed by atoms with Crippen LogP contribution in [0.2, 0.25) is 5.28 Å². The van der Waals surface area contributed by atoms with Gasteiger partial charge in [-0.25, -0.2) is 4.98 Å². The second-order valence-corrected chi connectivity index (χ2v) is 5.47. The Morgan fingerprint density at radius 1 is 1.39 bits per heavy atom. The third kappa shape index (κ3) is 1.85. The van der Waals surface area contributed by atoms with Gasteiger partial charge in [-0.1, -0.05) is 19.8 Å². The quantitative estimate of drug-likeness (QED) is 0.861. The molecule has 4 nitrogen and oxygen atoms in total. The van der Waals surface area contributed by atoms with Crippen LogP contribution in [0.3, 0.4) is 0 Å². The van der Waals surface area contributed by atoms with Gasteiger partial charge >= 0.3 is 0 Å². The number of nitrogens with one attached hydrogen (secondary N) is 1. The number of pyridine rings is 1. The molecule has 3 rings (SSSR count). The van der Waals surface area contributed by atoms with Gasteiger partial charge in [-0.15, -0.1) is 0 Å². The molecule has 18 heavy (non-hydrogen) atoms. The summed E-state index contributed by atoms with van der Waals surface area (Å²) in [4.78, 5) is 18.6. The molecule has 5 heteroatoms. The summed E-state index contributed by atoms with van der Waals surface area (Å²) in [6.45, 7) is 2.24. The highest BCUT2D eigenvalue weighted by molar-refractivity contribution is 6.29. The first-order valence-corrected chi connectivity index (χ1v) is 6.81. The first-order valence-electron chi connectivity index (χ1n) is 6.43. The molecular formula is C13H16ClN3O. The van der Waals surface area contributed by atoms with Crippen LogP contribution >= 0.6 is 11.6 Å². The summed E-state index contributed by atoms with van der Waals surface area (Å²) in [5.74, 6) is 0.567. The largest absolute Gasteiger partial charge is 0.307 e. The fourth-order valence-corrected chi connectivity index (χ4v) is 3.26. The lowest BCUT2D eigenvalue weighted by Gasteiger charge is -2.30. The Labute approximate surface area is 110 Å². The molecule has 0 aromatic carbocycles. The van der Waals surface area contributed by atoms with Gasteiger partial charge in [0.2, 0.25) is 10.8 Å². The van der Waals surface area contributed by atoms with Crippen molar-refractivity contribution < 1.29 is 0 Å². The summed E-state index contributed by atoms with van der Waals surface area (Å²) in [6.07, 6.45) is 4.79. The molecule has 2 aromatic heterocycles. The van der Waals surface area contributed by atoms with Crippen molar-refractivity contribution in [1.82, 2.24) is 14.5 Å².